The van der Waals surface area contributed by atoms with E-state index >= 15 is 0 Å². The molecule has 0 saturated heterocycles. The summed E-state index contributed by atoms with van der Waals surface area (Å²) in [4.78, 5) is 12.1. The van der Waals surface area contributed by atoms with Crippen LogP contribution in [0.3, 0.4) is 0 Å². The van der Waals surface area contributed by atoms with Gasteiger partial charge in [-0.2, -0.15) is 0 Å². The van der Waals surface area contributed by atoms with Crippen LogP contribution in [0.1, 0.15) is 25.0 Å². The normalized spacial score (nSPS) is 13.1. The molecule has 0 radical (unpaired) electrons. The molecule has 2 amide bonds. The van der Waals surface area contributed by atoms with Gasteiger partial charge in [0.15, 0.2) is 11.5 Å². The summed E-state index contributed by atoms with van der Waals surface area (Å²) in [6.07, 6.45) is 0.580. The van der Waals surface area contributed by atoms with Crippen LogP contribution in [0.4, 0.5) is 9.18 Å². The van der Waals surface area contributed by atoms with Crippen molar-refractivity contribution in [2.24, 2.45) is 0 Å². The highest BCUT2D eigenvalue weighted by Crippen LogP contribution is 2.34. The number of nitrogens with one attached hydrogen (secondary N) is 2. The Kier molecular flexibility index (Phi) is 5.84. The summed E-state index contributed by atoms with van der Waals surface area (Å²) in [5, 5.41) is 5.71. The Hall–Kier alpha value is -2.76. The fourth-order valence-corrected chi connectivity index (χ4v) is 2.94. The molecule has 2 aromatic carbocycles. The molecule has 0 aromatic heterocycles. The first-order valence-electron chi connectivity index (χ1n) is 9.10. The highest BCUT2D eigenvalue weighted by Gasteiger charge is 2.24. The maximum absolute atomic E-state index is 13.2. The van der Waals surface area contributed by atoms with Gasteiger partial charge in [0.05, 0.1) is 0 Å². The lowest BCUT2D eigenvalue weighted by Gasteiger charge is -2.27. The number of ether oxygens (including phenoxy) is 2. The van der Waals surface area contributed by atoms with Gasteiger partial charge in [0.1, 0.15) is 19.0 Å². The van der Waals surface area contributed by atoms with Gasteiger partial charge in [0.2, 0.25) is 0 Å². The molecule has 0 unspecified atom stereocenters. The summed E-state index contributed by atoms with van der Waals surface area (Å²) in [7, 11) is 0. The first kappa shape index (κ1) is 19.0. The largest absolute Gasteiger partial charge is 0.486 e. The maximum atomic E-state index is 13.2. The van der Waals surface area contributed by atoms with Crippen LogP contribution in [-0.4, -0.2) is 32.3 Å². The zero-order chi connectivity index (χ0) is 19.3. The number of carbonyl (C=O) groups excluding carboxylic acids is 1. The second kappa shape index (κ2) is 8.29. The summed E-state index contributed by atoms with van der Waals surface area (Å²) in [6, 6.07) is 12.0. The second-order valence-electron chi connectivity index (χ2n) is 7.23. The van der Waals surface area contributed by atoms with Gasteiger partial charge in [-0.15, -0.1) is 0 Å². The van der Waals surface area contributed by atoms with Crippen molar-refractivity contribution < 1.29 is 18.7 Å². The lowest BCUT2D eigenvalue weighted by molar-refractivity contribution is 0.171. The van der Waals surface area contributed by atoms with E-state index in [0.717, 1.165) is 22.6 Å². The van der Waals surface area contributed by atoms with Crippen LogP contribution in [0.15, 0.2) is 42.5 Å². The smallest absolute Gasteiger partial charge is 0.314 e. The van der Waals surface area contributed by atoms with E-state index in [2.05, 4.69) is 24.5 Å². The number of hydrogen-bond acceptors (Lipinski definition) is 3. The molecule has 0 atom stereocenters. The van der Waals surface area contributed by atoms with Crippen molar-refractivity contribution >= 4 is 6.03 Å². The number of fused-ring (bicyclic) bond motifs is 1. The zero-order valence-corrected chi connectivity index (χ0v) is 15.7. The molecule has 1 heterocycles. The zero-order valence-electron chi connectivity index (χ0n) is 15.7. The highest BCUT2D eigenvalue weighted by molar-refractivity contribution is 5.74. The second-order valence-corrected chi connectivity index (χ2v) is 7.23. The van der Waals surface area contributed by atoms with E-state index in [0.29, 0.717) is 32.7 Å². The Morgan fingerprint density at radius 3 is 2.63 bits per heavy atom. The van der Waals surface area contributed by atoms with Crippen molar-refractivity contribution in [2.45, 2.75) is 25.7 Å². The third kappa shape index (κ3) is 5.12. The van der Waals surface area contributed by atoms with Gasteiger partial charge in [0.25, 0.3) is 0 Å². The Labute approximate surface area is 158 Å². The van der Waals surface area contributed by atoms with Gasteiger partial charge >= 0.3 is 6.03 Å². The van der Waals surface area contributed by atoms with Crippen LogP contribution >= 0.6 is 0 Å². The molecule has 6 heteroatoms. The summed E-state index contributed by atoms with van der Waals surface area (Å²) in [5.74, 6) is 1.23. The molecule has 0 spiro atoms. The molecular formula is C21H25FN2O3. The molecule has 27 heavy (non-hydrogen) atoms. The van der Waals surface area contributed by atoms with E-state index in [9.17, 15) is 9.18 Å². The number of rotatable bonds is 6. The summed E-state index contributed by atoms with van der Waals surface area (Å²) in [5.41, 5.74) is 1.65. The van der Waals surface area contributed by atoms with Crippen molar-refractivity contribution in [1.29, 1.82) is 0 Å². The number of benzene rings is 2. The monoisotopic (exact) mass is 372 g/mol. The Morgan fingerprint density at radius 2 is 1.85 bits per heavy atom. The number of urea groups is 1. The van der Waals surface area contributed by atoms with E-state index < -0.39 is 0 Å². The van der Waals surface area contributed by atoms with Crippen molar-refractivity contribution in [3.8, 4) is 11.5 Å². The molecule has 1 aliphatic heterocycles. The minimum atomic E-state index is -0.268. The minimum absolute atomic E-state index is 0.239. The summed E-state index contributed by atoms with van der Waals surface area (Å²) >= 11 is 0. The van der Waals surface area contributed by atoms with Crippen molar-refractivity contribution in [3.63, 3.8) is 0 Å². The molecule has 3 rings (SSSR count). The average Bonchev–Trinajstić information content (AvgIpc) is 2.66. The van der Waals surface area contributed by atoms with Crippen LogP contribution in [0.2, 0.25) is 0 Å². The van der Waals surface area contributed by atoms with Crippen LogP contribution in [0.25, 0.3) is 0 Å². The van der Waals surface area contributed by atoms with Crippen LogP contribution in [0.5, 0.6) is 11.5 Å². The molecule has 2 aromatic rings. The van der Waals surface area contributed by atoms with Gasteiger partial charge in [-0.05, 0) is 41.8 Å². The molecule has 144 valence electrons. The third-order valence-corrected chi connectivity index (χ3v) is 4.60. The standard InChI is InChI=1S/C21H25FN2O3/c1-21(2,16-6-7-18-19(13-16)27-11-10-26-18)14-24-20(25)23-9-8-15-4-3-5-17(22)12-15/h3-7,12-13H,8-11,14H2,1-2H3,(H2,23,24,25). The van der Waals surface area contributed by atoms with Gasteiger partial charge in [-0.3, -0.25) is 0 Å². The van der Waals surface area contributed by atoms with E-state index in [1.807, 2.05) is 24.3 Å². The Bertz CT molecular complexity index is 808. The Morgan fingerprint density at radius 1 is 1.07 bits per heavy atom. The topological polar surface area (TPSA) is 59.6 Å². The van der Waals surface area contributed by atoms with E-state index in [1.54, 1.807) is 6.07 Å². The van der Waals surface area contributed by atoms with Gasteiger partial charge in [-0.25, -0.2) is 9.18 Å². The van der Waals surface area contributed by atoms with Crippen molar-refractivity contribution in [1.82, 2.24) is 10.6 Å². The first-order valence-corrected chi connectivity index (χ1v) is 9.10. The summed E-state index contributed by atoms with van der Waals surface area (Å²) < 4.78 is 24.3. The predicted octanol–water partition coefficient (Wildman–Crippen LogP) is 3.42. The van der Waals surface area contributed by atoms with Gasteiger partial charge in [0, 0.05) is 18.5 Å². The highest BCUT2D eigenvalue weighted by atomic mass is 19.1. The lowest BCUT2D eigenvalue weighted by atomic mass is 9.84. The third-order valence-electron chi connectivity index (χ3n) is 4.60. The number of carbonyl (C=O) groups is 1. The molecule has 5 nitrogen and oxygen atoms in total. The number of amides is 2. The quantitative estimate of drug-likeness (QED) is 0.817. The molecule has 0 fully saturated rings. The summed E-state index contributed by atoms with van der Waals surface area (Å²) in [6.45, 7) is 6.14. The SMILES string of the molecule is CC(C)(CNC(=O)NCCc1cccc(F)c1)c1ccc2c(c1)OCCO2. The molecule has 0 aliphatic carbocycles. The predicted molar refractivity (Wildman–Crippen MR) is 102 cm³/mol. The van der Waals surface area contributed by atoms with E-state index in [-0.39, 0.29) is 17.3 Å². The van der Waals surface area contributed by atoms with Crippen LogP contribution < -0.4 is 20.1 Å². The average molecular weight is 372 g/mol. The lowest BCUT2D eigenvalue weighted by Crippen LogP contribution is -2.42. The number of halogens is 1. The minimum Gasteiger partial charge on any atom is -0.486 e. The molecule has 0 bridgehead atoms. The van der Waals surface area contributed by atoms with Gasteiger partial charge < -0.3 is 20.1 Å². The Balaban J connectivity index is 1.48. The maximum Gasteiger partial charge on any atom is 0.314 e. The van der Waals surface area contributed by atoms with E-state index in [4.69, 9.17) is 9.47 Å². The molecule has 2 N–H and O–H groups in total. The number of hydrogen-bond donors (Lipinski definition) is 2. The molecule has 1 aliphatic rings. The van der Waals surface area contributed by atoms with E-state index in [1.165, 1.54) is 12.1 Å². The van der Waals surface area contributed by atoms with Crippen molar-refractivity contribution in [2.75, 3.05) is 26.3 Å². The molecular weight excluding hydrogens is 347 g/mol. The van der Waals surface area contributed by atoms with Crippen LogP contribution in [-0.2, 0) is 11.8 Å². The first-order chi connectivity index (χ1) is 12.9. The fourth-order valence-electron chi connectivity index (χ4n) is 2.94. The van der Waals surface area contributed by atoms with Crippen LogP contribution in [0, 0.1) is 5.82 Å². The van der Waals surface area contributed by atoms with Crippen molar-refractivity contribution in [3.05, 3.63) is 59.4 Å². The van der Waals surface area contributed by atoms with Gasteiger partial charge in [-0.1, -0.05) is 32.0 Å². The molecule has 0 saturated carbocycles. The fraction of sp³-hybridized carbons (Fsp3) is 0.381.